The standard InChI is InChI=1S/C12H21NO3S2.ClH/c1-3-10-18(14,15)13-7-9-16-8-6-12-5-4-11(2)17-12;/h4-5,13H,3,6-10H2,1-2H3;1H. The predicted molar refractivity (Wildman–Crippen MR) is 82.9 cm³/mol. The van der Waals surface area contributed by atoms with Gasteiger partial charge in [-0.05, 0) is 25.5 Å². The third-order valence-corrected chi connectivity index (χ3v) is 4.98. The molecule has 112 valence electrons. The first-order chi connectivity index (χ1) is 8.53. The molecule has 0 saturated carbocycles. The van der Waals surface area contributed by atoms with Crippen LogP contribution in [0, 0.1) is 6.92 Å². The van der Waals surface area contributed by atoms with Crippen molar-refractivity contribution in [1.29, 1.82) is 0 Å². The zero-order chi connectivity index (χ0) is 13.4. The molecular weight excluding hydrogens is 306 g/mol. The molecule has 0 fully saturated rings. The Labute approximate surface area is 126 Å². The summed E-state index contributed by atoms with van der Waals surface area (Å²) in [6, 6.07) is 4.20. The summed E-state index contributed by atoms with van der Waals surface area (Å²) in [6.07, 6.45) is 1.52. The fourth-order valence-electron chi connectivity index (χ4n) is 1.50. The van der Waals surface area contributed by atoms with Gasteiger partial charge in [-0.25, -0.2) is 13.1 Å². The summed E-state index contributed by atoms with van der Waals surface area (Å²) < 4.78 is 30.6. The van der Waals surface area contributed by atoms with Gasteiger partial charge in [0.1, 0.15) is 0 Å². The van der Waals surface area contributed by atoms with Crippen molar-refractivity contribution in [2.75, 3.05) is 25.5 Å². The number of aryl methyl sites for hydroxylation is 1. The molecule has 0 atom stereocenters. The maximum absolute atomic E-state index is 11.3. The number of sulfonamides is 1. The van der Waals surface area contributed by atoms with Crippen LogP contribution in [0.25, 0.3) is 0 Å². The van der Waals surface area contributed by atoms with Crippen LogP contribution in [-0.2, 0) is 21.2 Å². The monoisotopic (exact) mass is 327 g/mol. The molecule has 0 unspecified atom stereocenters. The van der Waals surface area contributed by atoms with E-state index in [0.717, 1.165) is 6.42 Å². The topological polar surface area (TPSA) is 55.4 Å². The molecule has 4 nitrogen and oxygen atoms in total. The third kappa shape index (κ3) is 8.60. The average molecular weight is 328 g/mol. The first kappa shape index (κ1) is 18.9. The zero-order valence-electron chi connectivity index (χ0n) is 11.3. The molecule has 1 heterocycles. The van der Waals surface area contributed by atoms with Gasteiger partial charge >= 0.3 is 0 Å². The third-order valence-electron chi connectivity index (χ3n) is 2.33. The van der Waals surface area contributed by atoms with Gasteiger partial charge in [-0.15, -0.1) is 23.7 Å². The lowest BCUT2D eigenvalue weighted by Crippen LogP contribution is -2.29. The second-order valence-corrected chi connectivity index (χ2v) is 7.39. The van der Waals surface area contributed by atoms with E-state index in [1.165, 1.54) is 9.75 Å². The fourth-order valence-corrected chi connectivity index (χ4v) is 3.45. The van der Waals surface area contributed by atoms with Gasteiger partial charge in [-0.3, -0.25) is 0 Å². The molecule has 1 aromatic heterocycles. The van der Waals surface area contributed by atoms with Crippen molar-refractivity contribution in [3.8, 4) is 0 Å². The number of ether oxygens (including phenoxy) is 1. The molecule has 0 aliphatic carbocycles. The van der Waals surface area contributed by atoms with E-state index in [0.29, 0.717) is 26.2 Å². The number of rotatable bonds is 9. The van der Waals surface area contributed by atoms with Crippen molar-refractivity contribution >= 4 is 33.8 Å². The molecule has 0 bridgehead atoms. The molecule has 0 aliphatic heterocycles. The molecule has 7 heteroatoms. The van der Waals surface area contributed by atoms with Gasteiger partial charge in [-0.1, -0.05) is 6.92 Å². The molecular formula is C12H22ClNO3S2. The molecule has 0 aliphatic rings. The van der Waals surface area contributed by atoms with Crippen LogP contribution in [0.1, 0.15) is 23.1 Å². The largest absolute Gasteiger partial charge is 0.380 e. The average Bonchev–Trinajstić information content (AvgIpc) is 2.69. The summed E-state index contributed by atoms with van der Waals surface area (Å²) in [5.41, 5.74) is 0. The van der Waals surface area contributed by atoms with Crippen molar-refractivity contribution in [3.63, 3.8) is 0 Å². The van der Waals surface area contributed by atoms with Crippen LogP contribution in [-0.4, -0.2) is 33.9 Å². The first-order valence-electron chi connectivity index (χ1n) is 6.14. The molecule has 0 saturated heterocycles. The van der Waals surface area contributed by atoms with Crippen LogP contribution in [0.3, 0.4) is 0 Å². The van der Waals surface area contributed by atoms with Gasteiger partial charge in [0, 0.05) is 22.7 Å². The lowest BCUT2D eigenvalue weighted by atomic mass is 10.3. The Hall–Kier alpha value is -0.140. The summed E-state index contributed by atoms with van der Waals surface area (Å²) in [5.74, 6) is 0.182. The summed E-state index contributed by atoms with van der Waals surface area (Å²) in [4.78, 5) is 2.61. The number of nitrogens with one attached hydrogen (secondary N) is 1. The summed E-state index contributed by atoms with van der Waals surface area (Å²) in [5, 5.41) is 0. The van der Waals surface area contributed by atoms with E-state index >= 15 is 0 Å². The second kappa shape index (κ2) is 9.72. The van der Waals surface area contributed by atoms with Crippen molar-refractivity contribution in [2.45, 2.75) is 26.7 Å². The minimum atomic E-state index is -3.10. The molecule has 1 rings (SSSR count). The number of thiophene rings is 1. The maximum atomic E-state index is 11.3. The predicted octanol–water partition coefficient (Wildman–Crippen LogP) is 2.37. The number of hydrogen-bond donors (Lipinski definition) is 1. The molecule has 1 aromatic rings. The summed E-state index contributed by atoms with van der Waals surface area (Å²) in [7, 11) is -3.10. The van der Waals surface area contributed by atoms with Gasteiger partial charge in [0.2, 0.25) is 10.0 Å². The number of hydrogen-bond acceptors (Lipinski definition) is 4. The van der Waals surface area contributed by atoms with Gasteiger partial charge in [0.15, 0.2) is 0 Å². The summed E-state index contributed by atoms with van der Waals surface area (Å²) in [6.45, 7) is 5.34. The van der Waals surface area contributed by atoms with E-state index in [4.69, 9.17) is 4.74 Å². The number of halogens is 1. The Balaban J connectivity index is 0.00000324. The minimum Gasteiger partial charge on any atom is -0.380 e. The van der Waals surface area contributed by atoms with E-state index in [9.17, 15) is 8.42 Å². The smallest absolute Gasteiger partial charge is 0.211 e. The SMILES string of the molecule is CCCS(=O)(=O)NCCOCCc1ccc(C)s1.Cl. The Kier molecular flexibility index (Phi) is 9.64. The molecule has 1 N–H and O–H groups in total. The van der Waals surface area contributed by atoms with Gasteiger partial charge in [0.05, 0.1) is 19.0 Å². The van der Waals surface area contributed by atoms with Crippen molar-refractivity contribution in [1.82, 2.24) is 4.72 Å². The van der Waals surface area contributed by atoms with Crippen LogP contribution in [0.15, 0.2) is 12.1 Å². The normalized spacial score (nSPS) is 11.3. The fraction of sp³-hybridized carbons (Fsp3) is 0.667. The Bertz CT molecular complexity index is 446. The molecule has 0 radical (unpaired) electrons. The van der Waals surface area contributed by atoms with Crippen LogP contribution < -0.4 is 4.72 Å². The first-order valence-corrected chi connectivity index (χ1v) is 8.61. The van der Waals surface area contributed by atoms with Gasteiger partial charge in [-0.2, -0.15) is 0 Å². The van der Waals surface area contributed by atoms with Crippen LogP contribution in [0.5, 0.6) is 0 Å². The van der Waals surface area contributed by atoms with Gasteiger partial charge in [0.25, 0.3) is 0 Å². The quantitative estimate of drug-likeness (QED) is 0.708. The van der Waals surface area contributed by atoms with Crippen LogP contribution >= 0.6 is 23.7 Å². The van der Waals surface area contributed by atoms with Crippen LogP contribution in [0.4, 0.5) is 0 Å². The minimum absolute atomic E-state index is 0. The van der Waals surface area contributed by atoms with Crippen molar-refractivity contribution < 1.29 is 13.2 Å². The maximum Gasteiger partial charge on any atom is 0.211 e. The summed E-state index contributed by atoms with van der Waals surface area (Å²) >= 11 is 1.77. The van der Waals surface area contributed by atoms with Gasteiger partial charge < -0.3 is 4.74 Å². The van der Waals surface area contributed by atoms with Crippen molar-refractivity contribution in [3.05, 3.63) is 21.9 Å². The highest BCUT2D eigenvalue weighted by atomic mass is 35.5. The Morgan fingerprint density at radius 1 is 1.32 bits per heavy atom. The second-order valence-electron chi connectivity index (χ2n) is 4.09. The lowest BCUT2D eigenvalue weighted by Gasteiger charge is -2.06. The molecule has 0 spiro atoms. The molecule has 0 aromatic carbocycles. The Morgan fingerprint density at radius 3 is 2.63 bits per heavy atom. The van der Waals surface area contributed by atoms with E-state index in [1.54, 1.807) is 11.3 Å². The molecule has 0 amide bonds. The highest BCUT2D eigenvalue weighted by Gasteiger charge is 2.06. The van der Waals surface area contributed by atoms with E-state index in [1.807, 2.05) is 6.92 Å². The van der Waals surface area contributed by atoms with Crippen LogP contribution in [0.2, 0.25) is 0 Å². The highest BCUT2D eigenvalue weighted by molar-refractivity contribution is 7.89. The van der Waals surface area contributed by atoms with Crippen molar-refractivity contribution in [2.24, 2.45) is 0 Å². The highest BCUT2D eigenvalue weighted by Crippen LogP contribution is 2.15. The van der Waals surface area contributed by atoms with E-state index in [2.05, 4.69) is 23.8 Å². The molecule has 19 heavy (non-hydrogen) atoms. The lowest BCUT2D eigenvalue weighted by molar-refractivity contribution is 0.143. The Morgan fingerprint density at radius 2 is 2.05 bits per heavy atom. The zero-order valence-corrected chi connectivity index (χ0v) is 13.8. The van der Waals surface area contributed by atoms with E-state index < -0.39 is 10.0 Å². The van der Waals surface area contributed by atoms with E-state index in [-0.39, 0.29) is 18.2 Å².